The third kappa shape index (κ3) is 1.78. The van der Waals surface area contributed by atoms with Crippen molar-refractivity contribution in [1.29, 1.82) is 5.26 Å². The molecule has 0 heterocycles. The summed E-state index contributed by atoms with van der Waals surface area (Å²) in [5.41, 5.74) is 3.91. The number of hydrogen-bond donors (Lipinski definition) is 1. The average Bonchev–Trinajstić information content (AvgIpc) is 2.82. The Kier molecular flexibility index (Phi) is 2.09. The molecule has 0 bridgehead atoms. The fourth-order valence-corrected chi connectivity index (χ4v) is 0.994. The van der Waals surface area contributed by atoms with Crippen LogP contribution in [0, 0.1) is 17.2 Å². The van der Waals surface area contributed by atoms with Crippen molar-refractivity contribution in [2.75, 3.05) is 0 Å². The van der Waals surface area contributed by atoms with E-state index in [4.69, 9.17) is 11.0 Å². The van der Waals surface area contributed by atoms with E-state index in [0.29, 0.717) is 0 Å². The first-order valence-electron chi connectivity index (χ1n) is 3.72. The van der Waals surface area contributed by atoms with Gasteiger partial charge in [0.2, 0.25) is 0 Å². The van der Waals surface area contributed by atoms with E-state index in [9.17, 15) is 4.79 Å². The van der Waals surface area contributed by atoms with Crippen molar-refractivity contribution in [2.24, 2.45) is 21.9 Å². The Bertz CT molecular complexity index is 263. The Balaban J connectivity index is 2.68. The number of carbonyl (C=O) groups excluding carboxylic acids is 1. The average molecular weight is 166 g/mol. The molecule has 2 amide bonds. The van der Waals surface area contributed by atoms with Crippen LogP contribution in [0.3, 0.4) is 0 Å². The molecule has 0 radical (unpaired) electrons. The van der Waals surface area contributed by atoms with Crippen LogP contribution in [0.15, 0.2) is 10.2 Å². The van der Waals surface area contributed by atoms with E-state index in [2.05, 4.69) is 10.2 Å². The highest BCUT2D eigenvalue weighted by Crippen LogP contribution is 2.41. The Morgan fingerprint density at radius 3 is 2.67 bits per heavy atom. The highest BCUT2D eigenvalue weighted by Gasteiger charge is 2.42. The SMILES string of the molecule is CC(C#N)(N=NC(N)=O)C1CC1. The van der Waals surface area contributed by atoms with Crippen LogP contribution >= 0.6 is 0 Å². The van der Waals surface area contributed by atoms with Crippen molar-refractivity contribution in [3.05, 3.63) is 0 Å². The molecular formula is C7H10N4O. The quantitative estimate of drug-likeness (QED) is 0.624. The lowest BCUT2D eigenvalue weighted by atomic mass is 10.00. The van der Waals surface area contributed by atoms with E-state index in [-0.39, 0.29) is 5.92 Å². The predicted octanol–water partition coefficient (Wildman–Crippen LogP) is 1.21. The first kappa shape index (κ1) is 8.65. The lowest BCUT2D eigenvalue weighted by Gasteiger charge is -2.11. The summed E-state index contributed by atoms with van der Waals surface area (Å²) in [6, 6.07) is 1.18. The molecule has 1 saturated carbocycles. The third-order valence-electron chi connectivity index (χ3n) is 1.95. The van der Waals surface area contributed by atoms with Gasteiger partial charge in [-0.15, -0.1) is 0 Å². The molecular weight excluding hydrogens is 156 g/mol. The molecule has 5 heteroatoms. The van der Waals surface area contributed by atoms with E-state index in [1.54, 1.807) is 6.92 Å². The zero-order valence-electron chi connectivity index (χ0n) is 6.82. The summed E-state index contributed by atoms with van der Waals surface area (Å²) in [6.07, 6.45) is 1.95. The van der Waals surface area contributed by atoms with Crippen molar-refractivity contribution in [3.63, 3.8) is 0 Å². The molecule has 5 nitrogen and oxygen atoms in total. The molecule has 64 valence electrons. The van der Waals surface area contributed by atoms with Crippen molar-refractivity contribution in [1.82, 2.24) is 0 Å². The Labute approximate surface area is 70.3 Å². The van der Waals surface area contributed by atoms with Gasteiger partial charge in [-0.25, -0.2) is 4.79 Å². The molecule has 12 heavy (non-hydrogen) atoms. The van der Waals surface area contributed by atoms with E-state index < -0.39 is 11.6 Å². The molecule has 0 aliphatic heterocycles. The minimum Gasteiger partial charge on any atom is -0.348 e. The summed E-state index contributed by atoms with van der Waals surface area (Å²) < 4.78 is 0. The van der Waals surface area contributed by atoms with Gasteiger partial charge in [0.05, 0.1) is 6.07 Å². The number of nitriles is 1. The van der Waals surface area contributed by atoms with Crippen LogP contribution in [0.1, 0.15) is 19.8 Å². The van der Waals surface area contributed by atoms with E-state index in [1.165, 1.54) is 0 Å². The van der Waals surface area contributed by atoms with Crippen LogP contribution in [-0.4, -0.2) is 11.6 Å². The molecule has 0 aromatic rings. The zero-order chi connectivity index (χ0) is 9.19. The van der Waals surface area contributed by atoms with Gasteiger partial charge in [-0.05, 0) is 25.7 Å². The first-order chi connectivity index (χ1) is 5.58. The van der Waals surface area contributed by atoms with Crippen LogP contribution in [0.25, 0.3) is 0 Å². The summed E-state index contributed by atoms with van der Waals surface area (Å²) >= 11 is 0. The zero-order valence-corrected chi connectivity index (χ0v) is 6.82. The molecule has 1 fully saturated rings. The van der Waals surface area contributed by atoms with Gasteiger partial charge < -0.3 is 5.73 Å². The van der Waals surface area contributed by atoms with Gasteiger partial charge in [-0.3, -0.25) is 0 Å². The van der Waals surface area contributed by atoms with Crippen molar-refractivity contribution < 1.29 is 4.79 Å². The molecule has 2 N–H and O–H groups in total. The maximum atomic E-state index is 10.3. The minimum atomic E-state index is -0.852. The lowest BCUT2D eigenvalue weighted by molar-refractivity contribution is 0.254. The van der Waals surface area contributed by atoms with Gasteiger partial charge in [0, 0.05) is 0 Å². The summed E-state index contributed by atoms with van der Waals surface area (Å²) in [7, 11) is 0. The molecule has 0 spiro atoms. The first-order valence-corrected chi connectivity index (χ1v) is 3.72. The van der Waals surface area contributed by atoms with Gasteiger partial charge in [-0.2, -0.15) is 10.4 Å². The Hall–Kier alpha value is -1.44. The number of amides is 2. The largest absolute Gasteiger partial charge is 0.356 e. The molecule has 1 aliphatic rings. The molecule has 0 aromatic carbocycles. The number of nitrogens with two attached hydrogens (primary N) is 1. The van der Waals surface area contributed by atoms with Crippen molar-refractivity contribution in [3.8, 4) is 6.07 Å². The monoisotopic (exact) mass is 166 g/mol. The van der Waals surface area contributed by atoms with E-state index in [0.717, 1.165) is 12.8 Å². The second-order valence-electron chi connectivity index (χ2n) is 3.07. The maximum Gasteiger partial charge on any atom is 0.356 e. The summed E-state index contributed by atoms with van der Waals surface area (Å²) in [4.78, 5) is 10.3. The molecule has 0 saturated heterocycles. The van der Waals surface area contributed by atoms with Crippen LogP contribution in [0.5, 0.6) is 0 Å². The number of primary amides is 1. The van der Waals surface area contributed by atoms with Crippen molar-refractivity contribution in [2.45, 2.75) is 25.3 Å². The summed E-state index contributed by atoms with van der Waals surface area (Å²) in [6.45, 7) is 1.66. The Morgan fingerprint density at radius 1 is 1.75 bits per heavy atom. The molecule has 1 atom stereocenters. The van der Waals surface area contributed by atoms with E-state index >= 15 is 0 Å². The topological polar surface area (TPSA) is 91.6 Å². The van der Waals surface area contributed by atoms with Gasteiger partial charge in [0.15, 0.2) is 5.54 Å². The maximum absolute atomic E-state index is 10.3. The number of nitrogens with zero attached hydrogens (tertiary/aromatic N) is 3. The number of carbonyl (C=O) groups is 1. The summed E-state index contributed by atoms with van der Waals surface area (Å²) in [5.74, 6) is 0.241. The van der Waals surface area contributed by atoms with Gasteiger partial charge in [0.1, 0.15) is 0 Å². The van der Waals surface area contributed by atoms with Gasteiger partial charge in [0.25, 0.3) is 0 Å². The highest BCUT2D eigenvalue weighted by molar-refractivity contribution is 5.71. The van der Waals surface area contributed by atoms with Crippen molar-refractivity contribution >= 4 is 6.03 Å². The number of urea groups is 1. The van der Waals surface area contributed by atoms with Crippen LogP contribution in [0.2, 0.25) is 0 Å². The van der Waals surface area contributed by atoms with Crippen LogP contribution in [0.4, 0.5) is 4.79 Å². The summed E-state index contributed by atoms with van der Waals surface area (Å²) in [5, 5.41) is 15.5. The molecule has 1 rings (SSSR count). The smallest absolute Gasteiger partial charge is 0.348 e. The molecule has 1 aliphatic carbocycles. The predicted molar refractivity (Wildman–Crippen MR) is 41.2 cm³/mol. The van der Waals surface area contributed by atoms with Crippen LogP contribution in [-0.2, 0) is 0 Å². The minimum absolute atomic E-state index is 0.241. The molecule has 1 unspecified atom stereocenters. The van der Waals surface area contributed by atoms with Gasteiger partial charge in [-0.1, -0.05) is 5.11 Å². The Morgan fingerprint density at radius 2 is 2.33 bits per heavy atom. The normalized spacial score (nSPS) is 21.7. The van der Waals surface area contributed by atoms with Crippen LogP contribution < -0.4 is 5.73 Å². The second-order valence-corrected chi connectivity index (χ2v) is 3.07. The highest BCUT2D eigenvalue weighted by atomic mass is 16.2. The number of hydrogen-bond acceptors (Lipinski definition) is 3. The number of azo groups is 1. The van der Waals surface area contributed by atoms with Gasteiger partial charge >= 0.3 is 6.03 Å². The fraction of sp³-hybridized carbons (Fsp3) is 0.714. The number of rotatable bonds is 2. The third-order valence-corrected chi connectivity index (χ3v) is 1.95. The lowest BCUT2D eigenvalue weighted by Crippen LogP contribution is -2.22. The van der Waals surface area contributed by atoms with E-state index in [1.807, 2.05) is 6.07 Å². The standard InChI is InChI=1S/C7H10N4O/c1-7(4-8,5-2-3-5)11-10-6(9)12/h5H,2-3H2,1H3,(H2,9,12). The molecule has 0 aromatic heterocycles. The fourth-order valence-electron chi connectivity index (χ4n) is 0.994. The second kappa shape index (κ2) is 2.89.